The lowest BCUT2D eigenvalue weighted by Gasteiger charge is -2.30. The fraction of sp³-hybridized carbons (Fsp3) is 0.400. The van der Waals surface area contributed by atoms with E-state index < -0.39 is 0 Å². The number of likely N-dealkylation sites (tertiary alicyclic amines) is 1. The largest absolute Gasteiger partial charge is 0.358 e. The first-order valence-corrected chi connectivity index (χ1v) is 15.5. The van der Waals surface area contributed by atoms with Crippen molar-refractivity contribution in [2.24, 2.45) is 0 Å². The Morgan fingerprint density at radius 3 is 2.53 bits per heavy atom. The SMILES string of the molecule is CC[C@@H](NC(=O)c1ccc2c(c1)C(=Cc1[nH]c(C)c(C(=O)N3CCC[C@H]3CN(CC)CC)c1C)C(=O)N2)c1ccccc1. The van der Waals surface area contributed by atoms with Crippen molar-refractivity contribution < 1.29 is 14.4 Å². The smallest absolute Gasteiger partial charge is 0.256 e. The number of rotatable bonds is 10. The molecule has 3 aromatic rings. The van der Waals surface area contributed by atoms with Gasteiger partial charge in [-0.05, 0) is 81.6 Å². The number of aromatic nitrogens is 1. The molecule has 3 heterocycles. The highest BCUT2D eigenvalue weighted by molar-refractivity contribution is 6.35. The first kappa shape index (κ1) is 30.3. The third-order valence-corrected chi connectivity index (χ3v) is 8.96. The van der Waals surface area contributed by atoms with E-state index in [0.717, 1.165) is 68.0 Å². The van der Waals surface area contributed by atoms with E-state index >= 15 is 0 Å². The Hall–Kier alpha value is -4.17. The third-order valence-electron chi connectivity index (χ3n) is 8.96. The quantitative estimate of drug-likeness (QED) is 0.258. The van der Waals surface area contributed by atoms with Crippen molar-refractivity contribution in [3.8, 4) is 0 Å². The molecule has 3 N–H and O–H groups in total. The van der Waals surface area contributed by atoms with E-state index in [4.69, 9.17) is 0 Å². The van der Waals surface area contributed by atoms with Crippen molar-refractivity contribution >= 4 is 35.1 Å². The molecule has 5 rings (SSSR count). The number of H-pyrrole nitrogens is 1. The Bertz CT molecular complexity index is 1540. The Balaban J connectivity index is 1.40. The first-order chi connectivity index (χ1) is 20.7. The zero-order valence-electron chi connectivity index (χ0n) is 25.9. The number of anilines is 1. The van der Waals surface area contributed by atoms with E-state index in [-0.39, 0.29) is 29.8 Å². The van der Waals surface area contributed by atoms with Crippen LogP contribution in [0.15, 0.2) is 48.5 Å². The molecule has 1 aromatic heterocycles. The Labute approximate surface area is 254 Å². The third kappa shape index (κ3) is 6.15. The van der Waals surface area contributed by atoms with E-state index in [1.807, 2.05) is 56.0 Å². The molecule has 0 radical (unpaired) electrons. The number of benzene rings is 2. The van der Waals surface area contributed by atoms with Gasteiger partial charge in [0.1, 0.15) is 0 Å². The van der Waals surface area contributed by atoms with Crippen LogP contribution in [0.25, 0.3) is 11.6 Å². The van der Waals surface area contributed by atoms with Gasteiger partial charge < -0.3 is 25.4 Å². The number of nitrogens with zero attached hydrogens (tertiary/aromatic N) is 2. The van der Waals surface area contributed by atoms with Crippen molar-refractivity contribution in [1.82, 2.24) is 20.1 Å². The van der Waals surface area contributed by atoms with Crippen LogP contribution in [-0.4, -0.2) is 64.7 Å². The van der Waals surface area contributed by atoms with Gasteiger partial charge in [-0.2, -0.15) is 0 Å². The molecule has 1 saturated heterocycles. The van der Waals surface area contributed by atoms with Crippen LogP contribution in [0.2, 0.25) is 0 Å². The van der Waals surface area contributed by atoms with Crippen LogP contribution in [0.4, 0.5) is 5.69 Å². The zero-order valence-corrected chi connectivity index (χ0v) is 25.9. The number of hydrogen-bond acceptors (Lipinski definition) is 4. The molecule has 0 aliphatic carbocycles. The van der Waals surface area contributed by atoms with Crippen LogP contribution >= 0.6 is 0 Å². The van der Waals surface area contributed by atoms with Crippen molar-refractivity contribution in [3.63, 3.8) is 0 Å². The number of aromatic amines is 1. The summed E-state index contributed by atoms with van der Waals surface area (Å²) in [5, 5.41) is 6.06. The molecule has 43 heavy (non-hydrogen) atoms. The average molecular weight is 582 g/mol. The molecule has 2 aromatic carbocycles. The fourth-order valence-corrected chi connectivity index (χ4v) is 6.42. The lowest BCUT2D eigenvalue weighted by molar-refractivity contribution is -0.110. The summed E-state index contributed by atoms with van der Waals surface area (Å²) in [6, 6.07) is 15.3. The molecule has 8 nitrogen and oxygen atoms in total. The van der Waals surface area contributed by atoms with Crippen molar-refractivity contribution in [2.75, 3.05) is 31.5 Å². The van der Waals surface area contributed by atoms with Crippen LogP contribution in [0.1, 0.15) is 94.9 Å². The standard InChI is InChI=1S/C35H43N5O3/c1-6-29(24-13-10-9-11-14-24)37-33(41)25-16-17-30-27(19-25)28(34(42)38-30)20-31-22(4)32(23(5)36-31)35(43)40-18-12-15-26(40)21-39(7-2)8-3/h9-11,13-14,16-17,19-20,26,29,36H,6-8,12,15,18,21H2,1-5H3,(H,37,41)(H,38,42)/t26-,29+/m0/s1. The Morgan fingerprint density at radius 1 is 1.09 bits per heavy atom. The van der Waals surface area contributed by atoms with Crippen LogP contribution in [0.3, 0.4) is 0 Å². The monoisotopic (exact) mass is 581 g/mol. The summed E-state index contributed by atoms with van der Waals surface area (Å²) in [5.74, 6) is -0.381. The number of nitrogens with one attached hydrogen (secondary N) is 3. The van der Waals surface area contributed by atoms with Crippen LogP contribution in [0.5, 0.6) is 0 Å². The Kier molecular flexibility index (Phi) is 9.16. The van der Waals surface area contributed by atoms with Crippen molar-refractivity contribution in [3.05, 3.63) is 87.7 Å². The maximum absolute atomic E-state index is 13.8. The fourth-order valence-electron chi connectivity index (χ4n) is 6.42. The van der Waals surface area contributed by atoms with Crippen LogP contribution < -0.4 is 10.6 Å². The van der Waals surface area contributed by atoms with E-state index in [1.165, 1.54) is 0 Å². The van der Waals surface area contributed by atoms with E-state index in [1.54, 1.807) is 24.3 Å². The molecule has 0 saturated carbocycles. The maximum atomic E-state index is 13.8. The summed E-state index contributed by atoms with van der Waals surface area (Å²) in [7, 11) is 0. The van der Waals surface area contributed by atoms with E-state index in [9.17, 15) is 14.4 Å². The van der Waals surface area contributed by atoms with Gasteiger partial charge in [-0.25, -0.2) is 0 Å². The summed E-state index contributed by atoms with van der Waals surface area (Å²) in [5.41, 5.74) is 6.35. The molecule has 0 spiro atoms. The minimum Gasteiger partial charge on any atom is -0.358 e. The van der Waals surface area contributed by atoms with Gasteiger partial charge in [0.15, 0.2) is 0 Å². The first-order valence-electron chi connectivity index (χ1n) is 15.5. The number of likely N-dealkylation sites (N-methyl/N-ethyl adjacent to an activating group) is 1. The highest BCUT2D eigenvalue weighted by Crippen LogP contribution is 2.35. The maximum Gasteiger partial charge on any atom is 0.256 e. The van der Waals surface area contributed by atoms with Gasteiger partial charge in [0.25, 0.3) is 17.7 Å². The molecule has 226 valence electrons. The summed E-state index contributed by atoms with van der Waals surface area (Å²) in [6.07, 6.45) is 4.58. The number of hydrogen-bond donors (Lipinski definition) is 3. The predicted molar refractivity (Wildman–Crippen MR) is 172 cm³/mol. The summed E-state index contributed by atoms with van der Waals surface area (Å²) >= 11 is 0. The molecule has 2 aliphatic rings. The van der Waals surface area contributed by atoms with E-state index in [2.05, 4.69) is 34.4 Å². The van der Waals surface area contributed by atoms with Gasteiger partial charge in [0.2, 0.25) is 0 Å². The normalized spacial score (nSPS) is 17.8. The molecule has 0 unspecified atom stereocenters. The van der Waals surface area contributed by atoms with Gasteiger partial charge in [0, 0.05) is 47.3 Å². The molecule has 8 heteroatoms. The number of carbonyl (C=O) groups is 3. The van der Waals surface area contributed by atoms with Gasteiger partial charge in [-0.3, -0.25) is 14.4 Å². The van der Waals surface area contributed by atoms with Crippen molar-refractivity contribution in [1.29, 1.82) is 0 Å². The lowest BCUT2D eigenvalue weighted by Crippen LogP contribution is -2.43. The highest BCUT2D eigenvalue weighted by atomic mass is 16.2. The molecule has 2 aliphatic heterocycles. The second-order valence-corrected chi connectivity index (χ2v) is 11.6. The summed E-state index contributed by atoms with van der Waals surface area (Å²) < 4.78 is 0. The second-order valence-electron chi connectivity index (χ2n) is 11.6. The average Bonchev–Trinajstić information content (AvgIpc) is 3.69. The second kappa shape index (κ2) is 13.0. The summed E-state index contributed by atoms with van der Waals surface area (Å²) in [6.45, 7) is 13.8. The van der Waals surface area contributed by atoms with Crippen molar-refractivity contribution in [2.45, 2.75) is 66.0 Å². The van der Waals surface area contributed by atoms with E-state index in [0.29, 0.717) is 28.0 Å². The molecular weight excluding hydrogens is 538 g/mol. The topological polar surface area (TPSA) is 97.5 Å². The minimum absolute atomic E-state index is 0.0460. The number of amides is 3. The summed E-state index contributed by atoms with van der Waals surface area (Å²) in [4.78, 5) is 48.0. The van der Waals surface area contributed by atoms with Gasteiger partial charge >= 0.3 is 0 Å². The lowest BCUT2D eigenvalue weighted by atomic mass is 10.0. The predicted octanol–water partition coefficient (Wildman–Crippen LogP) is 5.95. The van der Waals surface area contributed by atoms with Gasteiger partial charge in [-0.1, -0.05) is 51.1 Å². The van der Waals surface area contributed by atoms with Crippen LogP contribution in [0, 0.1) is 13.8 Å². The molecule has 1 fully saturated rings. The zero-order chi connectivity index (χ0) is 30.7. The molecular formula is C35H43N5O3. The highest BCUT2D eigenvalue weighted by Gasteiger charge is 2.33. The number of aryl methyl sites for hydroxylation is 1. The minimum atomic E-state index is -0.235. The number of fused-ring (bicyclic) bond motifs is 1. The number of carbonyl (C=O) groups excluding carboxylic acids is 3. The molecule has 3 amide bonds. The van der Waals surface area contributed by atoms with Crippen LogP contribution in [-0.2, 0) is 4.79 Å². The molecule has 0 bridgehead atoms. The van der Waals surface area contributed by atoms with Gasteiger partial charge in [-0.15, -0.1) is 0 Å². The Morgan fingerprint density at radius 2 is 1.84 bits per heavy atom. The molecule has 2 atom stereocenters. The van der Waals surface area contributed by atoms with Gasteiger partial charge in [0.05, 0.1) is 17.2 Å².